The van der Waals surface area contributed by atoms with E-state index in [4.69, 9.17) is 23.2 Å². The summed E-state index contributed by atoms with van der Waals surface area (Å²) in [4.78, 5) is 12.5. The second kappa shape index (κ2) is 9.10. The van der Waals surface area contributed by atoms with Crippen molar-refractivity contribution in [2.45, 2.75) is 50.0 Å². The molecule has 2 aliphatic rings. The van der Waals surface area contributed by atoms with Gasteiger partial charge in [-0.3, -0.25) is 4.79 Å². The van der Waals surface area contributed by atoms with Crippen molar-refractivity contribution < 1.29 is 13.2 Å². The molecule has 0 saturated heterocycles. The third-order valence-electron chi connectivity index (χ3n) is 6.57. The Morgan fingerprint density at radius 1 is 1.06 bits per heavy atom. The summed E-state index contributed by atoms with van der Waals surface area (Å²) in [6.45, 7) is 1.97. The molecule has 4 unspecified atom stereocenters. The molecule has 31 heavy (non-hydrogen) atoms. The van der Waals surface area contributed by atoms with Crippen LogP contribution in [0.15, 0.2) is 47.4 Å². The summed E-state index contributed by atoms with van der Waals surface area (Å²) < 4.78 is 28.5. The first-order valence-corrected chi connectivity index (χ1v) is 12.8. The molecule has 2 saturated carbocycles. The van der Waals surface area contributed by atoms with Gasteiger partial charge in [0.25, 0.3) is 0 Å². The van der Waals surface area contributed by atoms with Crippen molar-refractivity contribution >= 4 is 44.8 Å². The molecule has 0 heterocycles. The number of sulfonamides is 1. The van der Waals surface area contributed by atoms with Crippen LogP contribution in [0.4, 0.5) is 5.69 Å². The van der Waals surface area contributed by atoms with Crippen molar-refractivity contribution in [2.24, 2.45) is 17.8 Å². The van der Waals surface area contributed by atoms with E-state index in [0.717, 1.165) is 17.9 Å². The Balaban J connectivity index is 1.35. The average molecular weight is 481 g/mol. The third kappa shape index (κ3) is 5.25. The SMILES string of the molecule is CC(NS(=O)(=O)c1ccc(NC(=O)Cc2ccc(Cl)c(Cl)c2)cc1)C1CC2CCC1C2. The van der Waals surface area contributed by atoms with Gasteiger partial charge in [0.1, 0.15) is 0 Å². The van der Waals surface area contributed by atoms with Crippen molar-refractivity contribution in [3.05, 3.63) is 58.1 Å². The smallest absolute Gasteiger partial charge is 0.240 e. The fraction of sp³-hybridized carbons (Fsp3) is 0.435. The Morgan fingerprint density at radius 2 is 1.81 bits per heavy atom. The third-order valence-corrected chi connectivity index (χ3v) is 8.89. The minimum absolute atomic E-state index is 0.0779. The highest BCUT2D eigenvalue weighted by Gasteiger charge is 2.42. The van der Waals surface area contributed by atoms with Crippen LogP contribution < -0.4 is 10.0 Å². The number of hydrogen-bond acceptors (Lipinski definition) is 3. The molecule has 0 aliphatic heterocycles. The van der Waals surface area contributed by atoms with Crippen LogP contribution in [0.25, 0.3) is 0 Å². The van der Waals surface area contributed by atoms with E-state index in [9.17, 15) is 13.2 Å². The lowest BCUT2D eigenvalue weighted by Gasteiger charge is -2.28. The van der Waals surface area contributed by atoms with Crippen molar-refractivity contribution in [1.29, 1.82) is 0 Å². The molecule has 1 amide bonds. The Morgan fingerprint density at radius 3 is 2.42 bits per heavy atom. The van der Waals surface area contributed by atoms with Gasteiger partial charge >= 0.3 is 0 Å². The number of nitrogens with one attached hydrogen (secondary N) is 2. The predicted molar refractivity (Wildman–Crippen MR) is 124 cm³/mol. The number of carbonyl (C=O) groups is 1. The maximum absolute atomic E-state index is 12.8. The summed E-state index contributed by atoms with van der Waals surface area (Å²) in [5, 5.41) is 3.61. The summed E-state index contributed by atoms with van der Waals surface area (Å²) in [5.41, 5.74) is 1.27. The van der Waals surface area contributed by atoms with E-state index in [-0.39, 0.29) is 23.3 Å². The van der Waals surface area contributed by atoms with Crippen LogP contribution in [0.1, 0.15) is 38.2 Å². The van der Waals surface area contributed by atoms with E-state index >= 15 is 0 Å². The van der Waals surface area contributed by atoms with Gasteiger partial charge in [-0.2, -0.15) is 0 Å². The van der Waals surface area contributed by atoms with E-state index in [1.807, 2.05) is 6.92 Å². The molecule has 2 aliphatic carbocycles. The first kappa shape index (κ1) is 22.6. The lowest BCUT2D eigenvalue weighted by atomic mass is 9.84. The topological polar surface area (TPSA) is 75.3 Å². The zero-order valence-corrected chi connectivity index (χ0v) is 19.6. The maximum atomic E-state index is 12.8. The predicted octanol–water partition coefficient (Wildman–Crippen LogP) is 5.28. The van der Waals surface area contributed by atoms with E-state index in [1.54, 1.807) is 30.3 Å². The molecule has 5 nitrogen and oxygen atoms in total. The highest BCUT2D eigenvalue weighted by molar-refractivity contribution is 7.89. The zero-order valence-electron chi connectivity index (χ0n) is 17.3. The molecule has 166 valence electrons. The minimum Gasteiger partial charge on any atom is -0.326 e. The molecule has 0 spiro atoms. The van der Waals surface area contributed by atoms with Crippen LogP contribution in [-0.4, -0.2) is 20.4 Å². The van der Waals surface area contributed by atoms with Crippen LogP contribution in [-0.2, 0) is 21.2 Å². The second-order valence-corrected chi connectivity index (χ2v) is 11.3. The molecule has 4 rings (SSSR count). The Labute approximate surface area is 193 Å². The largest absolute Gasteiger partial charge is 0.326 e. The zero-order chi connectivity index (χ0) is 22.2. The van der Waals surface area contributed by atoms with E-state index in [2.05, 4.69) is 10.0 Å². The molecule has 8 heteroatoms. The summed E-state index contributed by atoms with van der Waals surface area (Å²) in [7, 11) is -3.61. The van der Waals surface area contributed by atoms with Gasteiger partial charge < -0.3 is 5.32 Å². The van der Waals surface area contributed by atoms with Gasteiger partial charge in [0.2, 0.25) is 15.9 Å². The van der Waals surface area contributed by atoms with Crippen molar-refractivity contribution in [1.82, 2.24) is 4.72 Å². The molecule has 2 bridgehead atoms. The van der Waals surface area contributed by atoms with Crippen molar-refractivity contribution in [3.8, 4) is 0 Å². The van der Waals surface area contributed by atoms with Crippen molar-refractivity contribution in [2.75, 3.05) is 5.32 Å². The van der Waals surface area contributed by atoms with Crippen LogP contribution in [0.3, 0.4) is 0 Å². The first-order chi connectivity index (χ1) is 14.7. The van der Waals surface area contributed by atoms with E-state index in [0.29, 0.717) is 27.6 Å². The number of carbonyl (C=O) groups excluding carboxylic acids is 1. The van der Waals surface area contributed by atoms with Gasteiger partial charge in [-0.05, 0) is 85.9 Å². The number of halogens is 2. The lowest BCUT2D eigenvalue weighted by Crippen LogP contribution is -2.40. The molecule has 4 atom stereocenters. The molecule has 2 fully saturated rings. The Bertz CT molecular complexity index is 1070. The summed E-state index contributed by atoms with van der Waals surface area (Å²) in [6.07, 6.45) is 5.02. The molecule has 2 aromatic rings. The first-order valence-electron chi connectivity index (χ1n) is 10.6. The summed E-state index contributed by atoms with van der Waals surface area (Å²) in [6, 6.07) is 11.2. The van der Waals surface area contributed by atoms with Gasteiger partial charge in [-0.1, -0.05) is 35.7 Å². The summed E-state index contributed by atoms with van der Waals surface area (Å²) >= 11 is 11.9. The number of hydrogen-bond donors (Lipinski definition) is 2. The number of amides is 1. The van der Waals surface area contributed by atoms with Crippen LogP contribution in [0.5, 0.6) is 0 Å². The highest BCUT2D eigenvalue weighted by atomic mass is 35.5. The number of rotatable bonds is 7. The van der Waals surface area contributed by atoms with Crippen molar-refractivity contribution in [3.63, 3.8) is 0 Å². The number of anilines is 1. The maximum Gasteiger partial charge on any atom is 0.240 e. The second-order valence-electron chi connectivity index (χ2n) is 8.75. The molecule has 2 N–H and O–H groups in total. The molecule has 0 aromatic heterocycles. The molecular weight excluding hydrogens is 455 g/mol. The minimum atomic E-state index is -3.61. The molecular formula is C23H26Cl2N2O3S. The summed E-state index contributed by atoms with van der Waals surface area (Å²) in [5.74, 6) is 1.62. The number of benzene rings is 2. The molecule has 2 aromatic carbocycles. The standard InChI is InChI=1S/C23H26Cl2N2O3S/c1-14(20-11-15-2-4-17(20)10-15)27-31(29,30)19-7-5-18(6-8-19)26-23(28)13-16-3-9-21(24)22(25)12-16/h3,5-9,12,14-15,17,20,27H,2,4,10-11,13H2,1H3,(H,26,28). The van der Waals surface area contributed by atoms with Gasteiger partial charge in [0, 0.05) is 11.7 Å². The monoisotopic (exact) mass is 480 g/mol. The Kier molecular flexibility index (Phi) is 6.63. The lowest BCUT2D eigenvalue weighted by molar-refractivity contribution is -0.115. The highest BCUT2D eigenvalue weighted by Crippen LogP contribution is 2.49. The Hall–Kier alpha value is -1.60. The molecule has 0 radical (unpaired) electrons. The average Bonchev–Trinajstić information content (AvgIpc) is 3.34. The van der Waals surface area contributed by atoms with E-state index in [1.165, 1.54) is 31.4 Å². The van der Waals surface area contributed by atoms with E-state index < -0.39 is 10.0 Å². The fourth-order valence-corrected chi connectivity index (χ4v) is 6.68. The number of fused-ring (bicyclic) bond motifs is 2. The van der Waals surface area contributed by atoms with Gasteiger partial charge in [-0.25, -0.2) is 13.1 Å². The van der Waals surface area contributed by atoms with Crippen LogP contribution >= 0.6 is 23.2 Å². The van der Waals surface area contributed by atoms with Gasteiger partial charge in [-0.15, -0.1) is 0 Å². The normalized spacial score (nSPS) is 23.6. The van der Waals surface area contributed by atoms with Crippen LogP contribution in [0.2, 0.25) is 10.0 Å². The van der Waals surface area contributed by atoms with Gasteiger partial charge in [0.05, 0.1) is 21.4 Å². The quantitative estimate of drug-likeness (QED) is 0.565. The van der Waals surface area contributed by atoms with Crippen LogP contribution in [0, 0.1) is 17.8 Å². The fourth-order valence-electron chi connectivity index (χ4n) is 5.06. The van der Waals surface area contributed by atoms with Gasteiger partial charge in [0.15, 0.2) is 0 Å².